The van der Waals surface area contributed by atoms with Crippen LogP contribution >= 0.6 is 0 Å². The van der Waals surface area contributed by atoms with E-state index in [9.17, 15) is 5.11 Å². The molecule has 2 atom stereocenters. The summed E-state index contributed by atoms with van der Waals surface area (Å²) in [5, 5.41) is 9.71. The van der Waals surface area contributed by atoms with E-state index in [-0.39, 0.29) is 6.23 Å². The zero-order chi connectivity index (χ0) is 8.48. The second-order valence-electron chi connectivity index (χ2n) is 4.10. The van der Waals surface area contributed by atoms with Crippen LogP contribution in [0, 0.1) is 0 Å². The molecule has 0 amide bonds. The SMILES string of the molecule is CCC1CCCC(O)[N+]1(C)C. The van der Waals surface area contributed by atoms with E-state index in [1.807, 2.05) is 0 Å². The number of rotatable bonds is 1. The molecule has 2 heteroatoms. The molecule has 1 rings (SSSR count). The monoisotopic (exact) mass is 158 g/mol. The van der Waals surface area contributed by atoms with Gasteiger partial charge in [0.15, 0.2) is 6.23 Å². The van der Waals surface area contributed by atoms with E-state index < -0.39 is 0 Å². The molecule has 1 fully saturated rings. The molecule has 0 aliphatic carbocycles. The number of piperidine rings is 1. The van der Waals surface area contributed by atoms with Gasteiger partial charge < -0.3 is 9.59 Å². The smallest absolute Gasteiger partial charge is 0.190 e. The first kappa shape index (κ1) is 9.01. The lowest BCUT2D eigenvalue weighted by atomic mass is 9.97. The van der Waals surface area contributed by atoms with E-state index in [1.165, 1.54) is 19.3 Å². The summed E-state index contributed by atoms with van der Waals surface area (Å²) in [6.07, 6.45) is 4.50. The zero-order valence-electron chi connectivity index (χ0n) is 7.88. The van der Waals surface area contributed by atoms with Crippen LogP contribution in [-0.4, -0.2) is 36.0 Å². The van der Waals surface area contributed by atoms with Crippen molar-refractivity contribution in [1.82, 2.24) is 0 Å². The first-order chi connectivity index (χ1) is 5.09. The number of hydrogen-bond acceptors (Lipinski definition) is 1. The Balaban J connectivity index is 2.64. The van der Waals surface area contributed by atoms with E-state index in [0.29, 0.717) is 6.04 Å². The highest BCUT2D eigenvalue weighted by molar-refractivity contribution is 4.64. The van der Waals surface area contributed by atoms with Gasteiger partial charge in [-0.1, -0.05) is 6.92 Å². The van der Waals surface area contributed by atoms with Crippen LogP contribution in [0.15, 0.2) is 0 Å². The second kappa shape index (κ2) is 3.11. The van der Waals surface area contributed by atoms with Crippen molar-refractivity contribution < 1.29 is 9.59 Å². The number of quaternary nitrogens is 1. The molecule has 2 unspecified atom stereocenters. The van der Waals surface area contributed by atoms with Crippen molar-refractivity contribution in [2.24, 2.45) is 0 Å². The lowest BCUT2D eigenvalue weighted by Gasteiger charge is -2.44. The standard InChI is InChI=1S/C9H20NO/c1-4-8-6-5-7-9(11)10(8,2)3/h8-9,11H,4-7H2,1-3H3/q+1. The molecular weight excluding hydrogens is 138 g/mol. The Kier molecular flexibility index (Phi) is 2.55. The summed E-state index contributed by atoms with van der Waals surface area (Å²) in [4.78, 5) is 0. The topological polar surface area (TPSA) is 20.2 Å². The first-order valence-corrected chi connectivity index (χ1v) is 4.60. The molecule has 0 aromatic carbocycles. The highest BCUT2D eigenvalue weighted by atomic mass is 16.3. The normalized spacial score (nSPS) is 37.1. The summed E-state index contributed by atoms with van der Waals surface area (Å²) in [6, 6.07) is 0.666. The van der Waals surface area contributed by atoms with Gasteiger partial charge >= 0.3 is 0 Å². The van der Waals surface area contributed by atoms with E-state index in [1.54, 1.807) is 0 Å². The number of likely N-dealkylation sites (tertiary alicyclic amines) is 1. The minimum Gasteiger partial charge on any atom is -0.345 e. The average Bonchev–Trinajstić information content (AvgIpc) is 1.95. The van der Waals surface area contributed by atoms with Crippen molar-refractivity contribution in [3.05, 3.63) is 0 Å². The second-order valence-corrected chi connectivity index (χ2v) is 4.10. The van der Waals surface area contributed by atoms with Crippen LogP contribution < -0.4 is 0 Å². The first-order valence-electron chi connectivity index (χ1n) is 4.60. The predicted octanol–water partition coefficient (Wildman–Crippen LogP) is 1.34. The van der Waals surface area contributed by atoms with Crippen LogP contribution in [-0.2, 0) is 0 Å². The molecule has 0 aromatic heterocycles. The zero-order valence-corrected chi connectivity index (χ0v) is 7.88. The van der Waals surface area contributed by atoms with E-state index in [0.717, 1.165) is 10.9 Å². The molecule has 66 valence electrons. The summed E-state index contributed by atoms with van der Waals surface area (Å²) in [7, 11) is 4.27. The molecule has 1 N–H and O–H groups in total. The average molecular weight is 158 g/mol. The van der Waals surface area contributed by atoms with Crippen molar-refractivity contribution in [3.63, 3.8) is 0 Å². The highest BCUT2D eigenvalue weighted by Gasteiger charge is 2.37. The predicted molar refractivity (Wildman–Crippen MR) is 46.0 cm³/mol. The third-order valence-electron chi connectivity index (χ3n) is 3.18. The minimum atomic E-state index is -0.131. The van der Waals surface area contributed by atoms with Gasteiger partial charge in [-0.05, 0) is 19.3 Å². The largest absolute Gasteiger partial charge is 0.345 e. The van der Waals surface area contributed by atoms with Crippen molar-refractivity contribution >= 4 is 0 Å². The molecule has 0 radical (unpaired) electrons. The minimum absolute atomic E-state index is 0.131. The number of aliphatic hydroxyl groups is 1. The van der Waals surface area contributed by atoms with Crippen LogP contribution in [0.1, 0.15) is 32.6 Å². The molecule has 0 spiro atoms. The van der Waals surface area contributed by atoms with Crippen molar-refractivity contribution in [2.75, 3.05) is 14.1 Å². The van der Waals surface area contributed by atoms with E-state index >= 15 is 0 Å². The fourth-order valence-corrected chi connectivity index (χ4v) is 2.12. The highest BCUT2D eigenvalue weighted by Crippen LogP contribution is 2.27. The summed E-state index contributed by atoms with van der Waals surface area (Å²) in [5.41, 5.74) is 0. The summed E-state index contributed by atoms with van der Waals surface area (Å²) in [6.45, 7) is 2.21. The fourth-order valence-electron chi connectivity index (χ4n) is 2.12. The van der Waals surface area contributed by atoms with Crippen LogP contribution in [0.5, 0.6) is 0 Å². The maximum absolute atomic E-state index is 9.71. The van der Waals surface area contributed by atoms with Gasteiger partial charge in [-0.25, -0.2) is 0 Å². The molecule has 1 saturated heterocycles. The Morgan fingerprint density at radius 2 is 2.00 bits per heavy atom. The molecule has 0 bridgehead atoms. The Hall–Kier alpha value is -0.0800. The van der Waals surface area contributed by atoms with Gasteiger partial charge in [-0.15, -0.1) is 0 Å². The molecule has 0 saturated carbocycles. The van der Waals surface area contributed by atoms with Gasteiger partial charge in [0, 0.05) is 6.42 Å². The summed E-state index contributed by atoms with van der Waals surface area (Å²) < 4.78 is 0.802. The maximum atomic E-state index is 9.71. The third kappa shape index (κ3) is 1.57. The van der Waals surface area contributed by atoms with Crippen LogP contribution in [0.2, 0.25) is 0 Å². The summed E-state index contributed by atoms with van der Waals surface area (Å²) >= 11 is 0. The van der Waals surface area contributed by atoms with Gasteiger partial charge in [0.2, 0.25) is 0 Å². The molecule has 2 nitrogen and oxygen atoms in total. The molecule has 11 heavy (non-hydrogen) atoms. The molecule has 0 aromatic rings. The third-order valence-corrected chi connectivity index (χ3v) is 3.18. The van der Waals surface area contributed by atoms with Gasteiger partial charge in [0.25, 0.3) is 0 Å². The maximum Gasteiger partial charge on any atom is 0.190 e. The lowest BCUT2D eigenvalue weighted by molar-refractivity contribution is -0.964. The summed E-state index contributed by atoms with van der Waals surface area (Å²) in [5.74, 6) is 0. The van der Waals surface area contributed by atoms with Crippen LogP contribution in [0.4, 0.5) is 0 Å². The van der Waals surface area contributed by atoms with Crippen LogP contribution in [0.25, 0.3) is 0 Å². The Bertz CT molecular complexity index is 134. The van der Waals surface area contributed by atoms with Gasteiger partial charge in [-0.3, -0.25) is 0 Å². The molecule has 1 aliphatic rings. The number of aliphatic hydroxyl groups excluding tert-OH is 1. The van der Waals surface area contributed by atoms with Gasteiger partial charge in [-0.2, -0.15) is 0 Å². The Labute approximate surface area is 69.4 Å². The van der Waals surface area contributed by atoms with Crippen LogP contribution in [0.3, 0.4) is 0 Å². The van der Waals surface area contributed by atoms with Crippen molar-refractivity contribution in [3.8, 4) is 0 Å². The molecule has 1 aliphatic heterocycles. The molecular formula is C9H20NO+. The fraction of sp³-hybridized carbons (Fsp3) is 1.00. The number of nitrogens with zero attached hydrogens (tertiary/aromatic N) is 1. The van der Waals surface area contributed by atoms with Gasteiger partial charge in [0.05, 0.1) is 20.1 Å². The van der Waals surface area contributed by atoms with Gasteiger partial charge in [0.1, 0.15) is 0 Å². The Morgan fingerprint density at radius 3 is 2.45 bits per heavy atom. The van der Waals surface area contributed by atoms with E-state index in [4.69, 9.17) is 0 Å². The van der Waals surface area contributed by atoms with Crippen molar-refractivity contribution in [2.45, 2.75) is 44.9 Å². The number of hydrogen-bond donors (Lipinski definition) is 1. The van der Waals surface area contributed by atoms with E-state index in [2.05, 4.69) is 21.0 Å². The quantitative estimate of drug-likeness (QED) is 0.571. The lowest BCUT2D eigenvalue weighted by Crippen LogP contribution is -2.57. The van der Waals surface area contributed by atoms with Crippen molar-refractivity contribution in [1.29, 1.82) is 0 Å². The molecule has 1 heterocycles. The Morgan fingerprint density at radius 1 is 1.36 bits per heavy atom.